The van der Waals surface area contributed by atoms with Crippen molar-refractivity contribution < 1.29 is 14.6 Å². The number of hydrogen-bond donors (Lipinski definition) is 2. The summed E-state index contributed by atoms with van der Waals surface area (Å²) >= 11 is 6.01. The molecular weight excluding hydrogens is 374 g/mol. The van der Waals surface area contributed by atoms with Gasteiger partial charge in [-0.2, -0.15) is 0 Å². The normalized spacial score (nSPS) is 17.3. The topological polar surface area (TPSA) is 58.6 Å². The average Bonchev–Trinajstić information content (AvgIpc) is 2.70. The first kappa shape index (κ1) is 20.6. The van der Waals surface area contributed by atoms with Crippen molar-refractivity contribution in [3.8, 4) is 0 Å². The molecule has 2 N–H and O–H groups in total. The summed E-state index contributed by atoms with van der Waals surface area (Å²) in [5, 5.41) is 14.5. The Hall–Kier alpha value is -2.14. The molecule has 0 aliphatic heterocycles. The maximum atomic E-state index is 11.5. The first-order chi connectivity index (χ1) is 13.5. The summed E-state index contributed by atoms with van der Waals surface area (Å²) in [7, 11) is 0. The molecular formula is C23H26ClNO3. The van der Waals surface area contributed by atoms with E-state index < -0.39 is 6.10 Å². The molecule has 0 radical (unpaired) electrons. The predicted octanol–water partition coefficient (Wildman–Crippen LogP) is 4.10. The molecule has 0 spiro atoms. The second-order valence-corrected chi connectivity index (χ2v) is 7.47. The lowest BCUT2D eigenvalue weighted by atomic mass is 9.87. The third kappa shape index (κ3) is 5.68. The number of aliphatic hydroxyl groups excluding tert-OH is 1. The van der Waals surface area contributed by atoms with Gasteiger partial charge in [0.25, 0.3) is 0 Å². The van der Waals surface area contributed by atoms with Crippen LogP contribution >= 0.6 is 11.6 Å². The SMILES string of the molecule is CCOC(=O)C=Cc1ccc2c(c1)CC(NCC(O)c1cccc(Cl)c1)CC2. The molecule has 2 unspecified atom stereocenters. The highest BCUT2D eigenvalue weighted by Crippen LogP contribution is 2.24. The zero-order valence-electron chi connectivity index (χ0n) is 16.0. The molecule has 0 heterocycles. The standard InChI is InChI=1S/C23H26ClNO3/c1-2-28-23(27)11-7-16-6-8-17-9-10-21(14-19(17)12-16)25-15-22(26)18-4-3-5-20(24)13-18/h3-8,11-13,21-22,25-26H,2,9-10,14-15H2,1H3. The van der Waals surface area contributed by atoms with Crippen LogP contribution in [-0.2, 0) is 22.4 Å². The number of aryl methyl sites for hydroxylation is 1. The van der Waals surface area contributed by atoms with Crippen molar-refractivity contribution in [1.82, 2.24) is 5.32 Å². The van der Waals surface area contributed by atoms with Crippen LogP contribution in [0.25, 0.3) is 6.08 Å². The summed E-state index contributed by atoms with van der Waals surface area (Å²) in [6, 6.07) is 13.9. The minimum atomic E-state index is -0.584. The minimum absolute atomic E-state index is 0.311. The Morgan fingerprint density at radius 1 is 1.32 bits per heavy atom. The van der Waals surface area contributed by atoms with E-state index in [0.29, 0.717) is 24.2 Å². The van der Waals surface area contributed by atoms with Crippen LogP contribution in [-0.4, -0.2) is 30.3 Å². The van der Waals surface area contributed by atoms with Crippen molar-refractivity contribution in [3.63, 3.8) is 0 Å². The first-order valence-electron chi connectivity index (χ1n) is 9.68. The molecule has 0 saturated carbocycles. The van der Waals surface area contributed by atoms with Gasteiger partial charge in [-0.1, -0.05) is 41.9 Å². The molecule has 0 bridgehead atoms. The highest BCUT2D eigenvalue weighted by Gasteiger charge is 2.19. The lowest BCUT2D eigenvalue weighted by Gasteiger charge is -2.27. The van der Waals surface area contributed by atoms with E-state index in [4.69, 9.17) is 16.3 Å². The van der Waals surface area contributed by atoms with E-state index in [1.807, 2.05) is 18.2 Å². The summed E-state index contributed by atoms with van der Waals surface area (Å²) in [6.45, 7) is 2.66. The number of carbonyl (C=O) groups excluding carboxylic acids is 1. The smallest absolute Gasteiger partial charge is 0.330 e. The lowest BCUT2D eigenvalue weighted by Crippen LogP contribution is -2.37. The van der Waals surface area contributed by atoms with Gasteiger partial charge < -0.3 is 15.2 Å². The van der Waals surface area contributed by atoms with Gasteiger partial charge in [-0.25, -0.2) is 4.79 Å². The Balaban J connectivity index is 1.58. The van der Waals surface area contributed by atoms with E-state index in [1.54, 1.807) is 25.1 Å². The second-order valence-electron chi connectivity index (χ2n) is 7.03. The molecule has 28 heavy (non-hydrogen) atoms. The Kier molecular flexibility index (Phi) is 7.26. The van der Waals surface area contributed by atoms with Crippen molar-refractivity contribution >= 4 is 23.6 Å². The van der Waals surface area contributed by atoms with E-state index in [9.17, 15) is 9.90 Å². The number of rotatable bonds is 7. The highest BCUT2D eigenvalue weighted by atomic mass is 35.5. The van der Waals surface area contributed by atoms with Crippen molar-refractivity contribution in [2.45, 2.75) is 38.3 Å². The second kappa shape index (κ2) is 9.87. The van der Waals surface area contributed by atoms with Crippen LogP contribution in [0.3, 0.4) is 0 Å². The highest BCUT2D eigenvalue weighted by molar-refractivity contribution is 6.30. The average molecular weight is 400 g/mol. The summed E-state index contributed by atoms with van der Waals surface area (Å²) in [4.78, 5) is 11.5. The van der Waals surface area contributed by atoms with E-state index in [0.717, 1.165) is 30.4 Å². The Morgan fingerprint density at radius 2 is 2.18 bits per heavy atom. The van der Waals surface area contributed by atoms with E-state index >= 15 is 0 Å². The van der Waals surface area contributed by atoms with Gasteiger partial charge in [0.15, 0.2) is 0 Å². The Bertz CT molecular complexity index is 849. The third-order valence-corrected chi connectivity index (χ3v) is 5.23. The number of fused-ring (bicyclic) bond motifs is 1. The van der Waals surface area contributed by atoms with Crippen molar-refractivity contribution in [2.75, 3.05) is 13.2 Å². The zero-order chi connectivity index (χ0) is 19.9. The quantitative estimate of drug-likeness (QED) is 0.543. The molecule has 148 valence electrons. The largest absolute Gasteiger partial charge is 0.463 e. The molecule has 3 rings (SSSR count). The van der Waals surface area contributed by atoms with Crippen LogP contribution in [0.15, 0.2) is 48.5 Å². The van der Waals surface area contributed by atoms with Crippen LogP contribution < -0.4 is 5.32 Å². The fourth-order valence-corrected chi connectivity index (χ4v) is 3.72. The van der Waals surface area contributed by atoms with Crippen molar-refractivity contribution in [3.05, 3.63) is 75.8 Å². The van der Waals surface area contributed by atoms with Gasteiger partial charge in [-0.3, -0.25) is 0 Å². The Labute approximate surface area is 171 Å². The number of aliphatic hydroxyl groups is 1. The van der Waals surface area contributed by atoms with Gasteiger partial charge in [0.05, 0.1) is 12.7 Å². The number of ether oxygens (including phenoxy) is 1. The predicted molar refractivity (Wildman–Crippen MR) is 112 cm³/mol. The van der Waals surface area contributed by atoms with Crippen LogP contribution in [0, 0.1) is 0 Å². The number of esters is 1. The molecule has 5 heteroatoms. The molecule has 1 aliphatic rings. The molecule has 0 aromatic heterocycles. The van der Waals surface area contributed by atoms with Crippen LogP contribution in [0.4, 0.5) is 0 Å². The van der Waals surface area contributed by atoms with Gasteiger partial charge >= 0.3 is 5.97 Å². The summed E-state index contributed by atoms with van der Waals surface area (Å²) in [5.41, 5.74) is 4.45. The summed E-state index contributed by atoms with van der Waals surface area (Å²) in [5.74, 6) is -0.324. The molecule has 2 aromatic carbocycles. The molecule has 2 aromatic rings. The van der Waals surface area contributed by atoms with Crippen LogP contribution in [0.5, 0.6) is 0 Å². The molecule has 0 fully saturated rings. The lowest BCUT2D eigenvalue weighted by molar-refractivity contribution is -0.137. The van der Waals surface area contributed by atoms with Crippen molar-refractivity contribution in [2.24, 2.45) is 0 Å². The van der Waals surface area contributed by atoms with Gasteiger partial charge in [0.1, 0.15) is 0 Å². The van der Waals surface area contributed by atoms with Gasteiger partial charge in [-0.15, -0.1) is 0 Å². The third-order valence-electron chi connectivity index (χ3n) is 4.99. The number of hydrogen-bond acceptors (Lipinski definition) is 4. The Morgan fingerprint density at radius 3 is 2.96 bits per heavy atom. The maximum Gasteiger partial charge on any atom is 0.330 e. The monoisotopic (exact) mass is 399 g/mol. The molecule has 4 nitrogen and oxygen atoms in total. The maximum absolute atomic E-state index is 11.5. The van der Waals surface area contributed by atoms with E-state index in [-0.39, 0.29) is 5.97 Å². The number of carbonyl (C=O) groups is 1. The van der Waals surface area contributed by atoms with Crippen molar-refractivity contribution in [1.29, 1.82) is 0 Å². The molecule has 0 saturated heterocycles. The van der Waals surface area contributed by atoms with E-state index in [2.05, 4.69) is 17.4 Å². The fraction of sp³-hybridized carbons (Fsp3) is 0.348. The number of nitrogens with one attached hydrogen (secondary N) is 1. The fourth-order valence-electron chi connectivity index (χ4n) is 3.52. The minimum Gasteiger partial charge on any atom is -0.463 e. The van der Waals surface area contributed by atoms with Gasteiger partial charge in [-0.05, 0) is 66.6 Å². The van der Waals surface area contributed by atoms with E-state index in [1.165, 1.54) is 17.2 Å². The summed E-state index contributed by atoms with van der Waals surface area (Å²) < 4.78 is 4.92. The van der Waals surface area contributed by atoms with Gasteiger partial charge in [0.2, 0.25) is 0 Å². The van der Waals surface area contributed by atoms with Gasteiger partial charge in [0, 0.05) is 23.7 Å². The first-order valence-corrected chi connectivity index (χ1v) is 10.1. The van der Waals surface area contributed by atoms with Crippen LogP contribution in [0.2, 0.25) is 5.02 Å². The molecule has 0 amide bonds. The summed E-state index contributed by atoms with van der Waals surface area (Å²) in [6.07, 6.45) is 5.61. The zero-order valence-corrected chi connectivity index (χ0v) is 16.8. The number of benzene rings is 2. The van der Waals surface area contributed by atoms with Crippen LogP contribution in [0.1, 0.15) is 41.7 Å². The molecule has 1 aliphatic carbocycles. The number of halogens is 1. The molecule has 2 atom stereocenters.